The van der Waals surface area contributed by atoms with Gasteiger partial charge in [-0.05, 0) is 19.4 Å². The number of aromatic nitrogens is 2. The van der Waals surface area contributed by atoms with Gasteiger partial charge in [0.2, 0.25) is 0 Å². The van der Waals surface area contributed by atoms with Gasteiger partial charge in [0.25, 0.3) is 5.56 Å². The molecule has 1 aromatic heterocycles. The van der Waals surface area contributed by atoms with E-state index in [4.69, 9.17) is 0 Å². The molecule has 0 amide bonds. The van der Waals surface area contributed by atoms with Crippen molar-refractivity contribution >= 4 is 0 Å². The van der Waals surface area contributed by atoms with Crippen LogP contribution in [0.5, 0.6) is 0 Å². The molecule has 0 saturated heterocycles. The van der Waals surface area contributed by atoms with Crippen molar-refractivity contribution in [1.29, 1.82) is 0 Å². The van der Waals surface area contributed by atoms with Crippen LogP contribution in [0.25, 0.3) is 11.3 Å². The van der Waals surface area contributed by atoms with Gasteiger partial charge in [-0.25, -0.2) is 4.98 Å². The summed E-state index contributed by atoms with van der Waals surface area (Å²) in [5, 5.41) is 0. The van der Waals surface area contributed by atoms with Crippen LogP contribution in [0, 0.1) is 13.8 Å². The highest BCUT2D eigenvalue weighted by atomic mass is 16.1. The SMILES string of the molecule is Cc1ccc(-c2cc(=O)[nH]c(C(C)(C)C)n2)c(C)c1. The fourth-order valence-corrected chi connectivity index (χ4v) is 2.05. The number of hydrogen-bond acceptors (Lipinski definition) is 2. The fourth-order valence-electron chi connectivity index (χ4n) is 2.05. The van der Waals surface area contributed by atoms with Gasteiger partial charge in [0, 0.05) is 17.0 Å². The number of rotatable bonds is 1. The molecule has 0 aliphatic rings. The van der Waals surface area contributed by atoms with E-state index in [0.717, 1.165) is 22.6 Å². The fraction of sp³-hybridized carbons (Fsp3) is 0.375. The molecule has 0 aliphatic carbocycles. The third-order valence-electron chi connectivity index (χ3n) is 3.11. The van der Waals surface area contributed by atoms with Crippen molar-refractivity contribution < 1.29 is 0 Å². The van der Waals surface area contributed by atoms with Gasteiger partial charge in [0.1, 0.15) is 5.82 Å². The highest BCUT2D eigenvalue weighted by Crippen LogP contribution is 2.24. The average Bonchev–Trinajstić information content (AvgIpc) is 2.26. The number of nitrogens with zero attached hydrogens (tertiary/aromatic N) is 1. The van der Waals surface area contributed by atoms with Gasteiger partial charge >= 0.3 is 0 Å². The van der Waals surface area contributed by atoms with Crippen LogP contribution in [0.4, 0.5) is 0 Å². The van der Waals surface area contributed by atoms with Gasteiger partial charge in [-0.15, -0.1) is 0 Å². The first-order valence-corrected chi connectivity index (χ1v) is 6.47. The summed E-state index contributed by atoms with van der Waals surface area (Å²) >= 11 is 0. The van der Waals surface area contributed by atoms with Gasteiger partial charge in [-0.1, -0.05) is 44.5 Å². The third-order valence-corrected chi connectivity index (χ3v) is 3.11. The summed E-state index contributed by atoms with van der Waals surface area (Å²) in [6.07, 6.45) is 0. The standard InChI is InChI=1S/C16H20N2O/c1-10-6-7-12(11(2)8-10)13-9-14(19)18-15(17-13)16(3,4)5/h6-9H,1-5H3,(H,17,18,19). The van der Waals surface area contributed by atoms with Crippen molar-refractivity contribution in [3.63, 3.8) is 0 Å². The van der Waals surface area contributed by atoms with Crippen molar-refractivity contribution in [3.8, 4) is 11.3 Å². The van der Waals surface area contributed by atoms with Gasteiger partial charge in [0.15, 0.2) is 0 Å². The predicted octanol–water partition coefficient (Wildman–Crippen LogP) is 3.35. The Kier molecular flexibility index (Phi) is 3.31. The van der Waals surface area contributed by atoms with Crippen LogP contribution in [0.2, 0.25) is 0 Å². The highest BCUT2D eigenvalue weighted by Gasteiger charge is 2.18. The lowest BCUT2D eigenvalue weighted by molar-refractivity contribution is 0.543. The van der Waals surface area contributed by atoms with E-state index in [0.29, 0.717) is 0 Å². The Morgan fingerprint density at radius 3 is 2.37 bits per heavy atom. The van der Waals surface area contributed by atoms with Crippen LogP contribution >= 0.6 is 0 Å². The zero-order valence-electron chi connectivity index (χ0n) is 12.2. The smallest absolute Gasteiger partial charge is 0.251 e. The number of nitrogens with one attached hydrogen (secondary N) is 1. The minimum absolute atomic E-state index is 0.102. The number of H-pyrrole nitrogens is 1. The highest BCUT2D eigenvalue weighted by molar-refractivity contribution is 5.63. The second-order valence-electron chi connectivity index (χ2n) is 6.05. The molecule has 2 rings (SSSR count). The lowest BCUT2D eigenvalue weighted by atomic mass is 9.95. The van der Waals surface area contributed by atoms with Crippen molar-refractivity contribution in [1.82, 2.24) is 9.97 Å². The number of aromatic amines is 1. The molecule has 0 unspecified atom stereocenters. The second-order valence-corrected chi connectivity index (χ2v) is 6.05. The molecule has 100 valence electrons. The van der Waals surface area contributed by atoms with Crippen LogP contribution in [0.3, 0.4) is 0 Å². The molecule has 1 aromatic carbocycles. The Morgan fingerprint density at radius 2 is 1.79 bits per heavy atom. The molecule has 3 heteroatoms. The summed E-state index contributed by atoms with van der Waals surface area (Å²) in [5.41, 5.74) is 3.83. The third kappa shape index (κ3) is 2.92. The summed E-state index contributed by atoms with van der Waals surface area (Å²) < 4.78 is 0. The Morgan fingerprint density at radius 1 is 1.11 bits per heavy atom. The normalized spacial score (nSPS) is 11.6. The van der Waals surface area contributed by atoms with Gasteiger partial charge in [-0.2, -0.15) is 0 Å². The summed E-state index contributed by atoms with van der Waals surface area (Å²) in [4.78, 5) is 19.2. The molecule has 3 nitrogen and oxygen atoms in total. The molecule has 0 radical (unpaired) electrons. The molecule has 1 N–H and O–H groups in total. The van der Waals surface area contributed by atoms with Gasteiger partial charge in [0.05, 0.1) is 5.69 Å². The summed E-state index contributed by atoms with van der Waals surface area (Å²) in [6, 6.07) is 7.74. The number of benzene rings is 1. The van der Waals surface area contributed by atoms with E-state index in [1.54, 1.807) is 6.07 Å². The van der Waals surface area contributed by atoms with Gasteiger partial charge in [-0.3, -0.25) is 4.79 Å². The molecule has 0 bridgehead atoms. The lowest BCUT2D eigenvalue weighted by Crippen LogP contribution is -2.22. The maximum atomic E-state index is 11.8. The van der Waals surface area contributed by atoms with Crippen LogP contribution in [-0.4, -0.2) is 9.97 Å². The van der Waals surface area contributed by atoms with Gasteiger partial charge < -0.3 is 4.98 Å². The predicted molar refractivity (Wildman–Crippen MR) is 78.5 cm³/mol. The summed E-state index contributed by atoms with van der Waals surface area (Å²) in [5.74, 6) is 0.718. The number of hydrogen-bond donors (Lipinski definition) is 1. The van der Waals surface area contributed by atoms with Crippen molar-refractivity contribution in [2.24, 2.45) is 0 Å². The summed E-state index contributed by atoms with van der Waals surface area (Å²) in [6.45, 7) is 10.2. The Bertz CT molecular complexity index is 663. The maximum Gasteiger partial charge on any atom is 0.251 e. The van der Waals surface area contributed by atoms with E-state index in [1.165, 1.54) is 5.56 Å². The topological polar surface area (TPSA) is 45.8 Å². The molecule has 0 fully saturated rings. The molecular weight excluding hydrogens is 236 g/mol. The second kappa shape index (κ2) is 4.65. The van der Waals surface area contributed by atoms with Crippen LogP contribution in [-0.2, 0) is 5.41 Å². The minimum atomic E-state index is -0.173. The van der Waals surface area contributed by atoms with Crippen molar-refractivity contribution in [3.05, 3.63) is 51.6 Å². The summed E-state index contributed by atoms with van der Waals surface area (Å²) in [7, 11) is 0. The molecular formula is C16H20N2O. The zero-order chi connectivity index (χ0) is 14.2. The molecule has 0 spiro atoms. The first-order chi connectivity index (χ1) is 8.77. The van der Waals surface area contributed by atoms with Crippen LogP contribution < -0.4 is 5.56 Å². The first-order valence-electron chi connectivity index (χ1n) is 6.47. The molecule has 0 atom stereocenters. The molecule has 0 aliphatic heterocycles. The maximum absolute atomic E-state index is 11.8. The van der Waals surface area contributed by atoms with E-state index < -0.39 is 0 Å². The van der Waals surface area contributed by atoms with E-state index in [-0.39, 0.29) is 11.0 Å². The minimum Gasteiger partial charge on any atom is -0.310 e. The molecule has 1 heterocycles. The van der Waals surface area contributed by atoms with E-state index in [2.05, 4.69) is 23.0 Å². The largest absolute Gasteiger partial charge is 0.310 e. The van der Waals surface area contributed by atoms with Crippen LogP contribution in [0.15, 0.2) is 29.1 Å². The van der Waals surface area contributed by atoms with E-state index in [9.17, 15) is 4.79 Å². The van der Waals surface area contributed by atoms with Crippen molar-refractivity contribution in [2.45, 2.75) is 40.0 Å². The number of aryl methyl sites for hydroxylation is 2. The zero-order valence-corrected chi connectivity index (χ0v) is 12.2. The van der Waals surface area contributed by atoms with Crippen molar-refractivity contribution in [2.75, 3.05) is 0 Å². The monoisotopic (exact) mass is 256 g/mol. The lowest BCUT2D eigenvalue weighted by Gasteiger charge is -2.18. The first kappa shape index (κ1) is 13.5. The molecule has 2 aromatic rings. The Hall–Kier alpha value is -1.90. The quantitative estimate of drug-likeness (QED) is 0.850. The Balaban J connectivity index is 2.63. The van der Waals surface area contributed by atoms with E-state index >= 15 is 0 Å². The van der Waals surface area contributed by atoms with E-state index in [1.807, 2.05) is 39.8 Å². The molecule has 0 saturated carbocycles. The van der Waals surface area contributed by atoms with Crippen LogP contribution in [0.1, 0.15) is 37.7 Å². The Labute approximate surface area is 113 Å². The average molecular weight is 256 g/mol. The molecule has 19 heavy (non-hydrogen) atoms.